The van der Waals surface area contributed by atoms with Crippen LogP contribution in [0.2, 0.25) is 0 Å². The second kappa shape index (κ2) is 4.72. The third-order valence-corrected chi connectivity index (χ3v) is 2.51. The van der Waals surface area contributed by atoms with E-state index in [-0.39, 0.29) is 16.0 Å². The summed E-state index contributed by atoms with van der Waals surface area (Å²) in [6, 6.07) is 6.91. The van der Waals surface area contributed by atoms with Crippen molar-refractivity contribution >= 4 is 23.7 Å². The largest absolute Gasteiger partial charge is 0.297 e. The van der Waals surface area contributed by atoms with E-state index in [0.29, 0.717) is 11.2 Å². The van der Waals surface area contributed by atoms with Gasteiger partial charge in [-0.3, -0.25) is 4.79 Å². The molecule has 15 heavy (non-hydrogen) atoms. The zero-order chi connectivity index (χ0) is 11.3. The molecule has 0 fully saturated rings. The minimum absolute atomic E-state index is 0.0368. The molecule has 1 heterocycles. The average molecular weight is 213 g/mol. The Morgan fingerprint density at radius 3 is 2.47 bits per heavy atom. The van der Waals surface area contributed by atoms with E-state index in [1.807, 2.05) is 12.1 Å². The predicted octanol–water partition coefficient (Wildman–Crippen LogP) is 1.60. The van der Waals surface area contributed by atoms with E-state index in [0.717, 1.165) is 11.3 Å². The molecule has 0 saturated heterocycles. The molecule has 0 aliphatic heterocycles. The number of hydrogen-bond acceptors (Lipinski definition) is 5. The van der Waals surface area contributed by atoms with Crippen LogP contribution < -0.4 is 0 Å². The molecule has 0 N–H and O–H groups in total. The number of thiophene rings is 1. The third kappa shape index (κ3) is 2.28. The molecule has 0 atom stereocenters. The normalized spacial score (nSPS) is 9.80. The van der Waals surface area contributed by atoms with Gasteiger partial charge in [-0.15, -0.1) is 11.3 Å². The lowest BCUT2D eigenvalue weighted by molar-refractivity contribution is -0.104. The molecule has 0 bridgehead atoms. The van der Waals surface area contributed by atoms with Crippen molar-refractivity contribution in [2.75, 3.05) is 0 Å². The van der Waals surface area contributed by atoms with Crippen LogP contribution in [0.4, 0.5) is 0 Å². The van der Waals surface area contributed by atoms with Crippen LogP contribution in [0.15, 0.2) is 11.6 Å². The molecular formula is C10H3N3OS. The van der Waals surface area contributed by atoms with Crippen molar-refractivity contribution in [2.24, 2.45) is 0 Å². The lowest BCUT2D eigenvalue weighted by atomic mass is 10.2. The standard InChI is InChI=1S/C10H3N3OS/c11-3-7(6-14)1-9-2-8(4-12)10(5-13)15-9/h1-2,6H/b7-1+. The van der Waals surface area contributed by atoms with E-state index < -0.39 is 0 Å². The molecule has 70 valence electrons. The second-order valence-electron chi connectivity index (χ2n) is 2.44. The summed E-state index contributed by atoms with van der Waals surface area (Å²) in [5.74, 6) is 0. The minimum atomic E-state index is -0.0368. The number of rotatable bonds is 2. The van der Waals surface area contributed by atoms with Crippen molar-refractivity contribution in [3.05, 3.63) is 27.0 Å². The molecule has 5 heteroatoms. The smallest absolute Gasteiger partial charge is 0.160 e. The van der Waals surface area contributed by atoms with Crippen molar-refractivity contribution in [2.45, 2.75) is 0 Å². The van der Waals surface area contributed by atoms with Gasteiger partial charge < -0.3 is 0 Å². The fourth-order valence-electron chi connectivity index (χ4n) is 0.893. The zero-order valence-electron chi connectivity index (χ0n) is 7.39. The lowest BCUT2D eigenvalue weighted by Gasteiger charge is -1.81. The van der Waals surface area contributed by atoms with Crippen molar-refractivity contribution in [3.63, 3.8) is 0 Å². The van der Waals surface area contributed by atoms with Gasteiger partial charge in [0.05, 0.1) is 11.1 Å². The topological polar surface area (TPSA) is 88.4 Å². The minimum Gasteiger partial charge on any atom is -0.297 e. The van der Waals surface area contributed by atoms with Crippen LogP contribution in [-0.4, -0.2) is 6.29 Å². The molecule has 0 unspecified atom stereocenters. The summed E-state index contributed by atoms with van der Waals surface area (Å²) in [5, 5.41) is 25.8. The highest BCUT2D eigenvalue weighted by Gasteiger charge is 2.07. The number of carbonyl (C=O) groups is 1. The number of nitrogens with zero attached hydrogens (tertiary/aromatic N) is 3. The van der Waals surface area contributed by atoms with Gasteiger partial charge in [-0.1, -0.05) is 0 Å². The number of nitriles is 3. The summed E-state index contributed by atoms with van der Waals surface area (Å²) < 4.78 is 0. The first-order chi connectivity index (χ1) is 7.24. The van der Waals surface area contributed by atoms with E-state index in [9.17, 15) is 4.79 Å². The molecule has 0 aromatic carbocycles. The monoisotopic (exact) mass is 213 g/mol. The van der Waals surface area contributed by atoms with Crippen LogP contribution in [0.25, 0.3) is 6.08 Å². The highest BCUT2D eigenvalue weighted by Crippen LogP contribution is 2.22. The lowest BCUT2D eigenvalue weighted by Crippen LogP contribution is -1.76. The maximum atomic E-state index is 10.4. The first-order valence-corrected chi connectivity index (χ1v) is 4.57. The summed E-state index contributed by atoms with van der Waals surface area (Å²) >= 11 is 1.07. The fourth-order valence-corrected chi connectivity index (χ4v) is 1.75. The zero-order valence-corrected chi connectivity index (χ0v) is 8.21. The summed E-state index contributed by atoms with van der Waals surface area (Å²) in [6.45, 7) is 0. The van der Waals surface area contributed by atoms with Crippen LogP contribution in [0.5, 0.6) is 0 Å². The van der Waals surface area contributed by atoms with Gasteiger partial charge in [0.1, 0.15) is 23.1 Å². The molecule has 1 aromatic rings. The van der Waals surface area contributed by atoms with Gasteiger partial charge in [-0.25, -0.2) is 0 Å². The Bertz CT molecular complexity index is 517. The Kier molecular flexibility index (Phi) is 3.35. The summed E-state index contributed by atoms with van der Waals surface area (Å²) in [4.78, 5) is 11.2. The number of aldehydes is 1. The maximum Gasteiger partial charge on any atom is 0.160 e. The third-order valence-electron chi connectivity index (χ3n) is 1.53. The summed E-state index contributed by atoms with van der Waals surface area (Å²) in [7, 11) is 0. The van der Waals surface area contributed by atoms with E-state index >= 15 is 0 Å². The Hall–Kier alpha value is -2.42. The molecule has 0 amide bonds. The fraction of sp³-hybridized carbons (Fsp3) is 0. The van der Waals surface area contributed by atoms with Crippen molar-refractivity contribution < 1.29 is 4.79 Å². The van der Waals surface area contributed by atoms with Crippen molar-refractivity contribution in [3.8, 4) is 18.2 Å². The second-order valence-corrected chi connectivity index (χ2v) is 3.53. The van der Waals surface area contributed by atoms with Crippen molar-refractivity contribution in [1.82, 2.24) is 0 Å². The molecule has 1 aromatic heterocycles. The first kappa shape index (κ1) is 10.7. The van der Waals surface area contributed by atoms with Crippen molar-refractivity contribution in [1.29, 1.82) is 15.8 Å². The Morgan fingerprint density at radius 1 is 1.33 bits per heavy atom. The molecule has 1 rings (SSSR count). The van der Waals surface area contributed by atoms with Crippen LogP contribution in [0, 0.1) is 34.0 Å². The van der Waals surface area contributed by atoms with E-state index in [2.05, 4.69) is 0 Å². The first-order valence-electron chi connectivity index (χ1n) is 3.76. The Morgan fingerprint density at radius 2 is 2.07 bits per heavy atom. The molecule has 0 aliphatic carbocycles. The van der Waals surface area contributed by atoms with Gasteiger partial charge in [0.25, 0.3) is 0 Å². The van der Waals surface area contributed by atoms with E-state index in [1.54, 1.807) is 6.07 Å². The van der Waals surface area contributed by atoms with Gasteiger partial charge in [0.15, 0.2) is 6.29 Å². The Labute approximate surface area is 89.9 Å². The van der Waals surface area contributed by atoms with Crippen LogP contribution in [-0.2, 0) is 4.79 Å². The maximum absolute atomic E-state index is 10.4. The van der Waals surface area contributed by atoms with Gasteiger partial charge in [-0.05, 0) is 12.1 Å². The number of allylic oxidation sites excluding steroid dienone is 1. The average Bonchev–Trinajstić information content (AvgIpc) is 2.68. The molecule has 0 radical (unpaired) electrons. The van der Waals surface area contributed by atoms with Crippen LogP contribution in [0.1, 0.15) is 15.3 Å². The highest BCUT2D eigenvalue weighted by molar-refractivity contribution is 7.13. The quantitative estimate of drug-likeness (QED) is 0.424. The van der Waals surface area contributed by atoms with E-state index in [4.69, 9.17) is 15.8 Å². The molecule has 4 nitrogen and oxygen atoms in total. The SMILES string of the molecule is N#C/C(C=O)=C\c1cc(C#N)c(C#N)s1. The van der Waals surface area contributed by atoms with Gasteiger partial charge in [0.2, 0.25) is 0 Å². The summed E-state index contributed by atoms with van der Waals surface area (Å²) in [5.41, 5.74) is 0.224. The van der Waals surface area contributed by atoms with Crippen LogP contribution in [0.3, 0.4) is 0 Å². The highest BCUT2D eigenvalue weighted by atomic mass is 32.1. The summed E-state index contributed by atoms with van der Waals surface area (Å²) in [6.07, 6.45) is 1.77. The molecule has 0 spiro atoms. The van der Waals surface area contributed by atoms with Gasteiger partial charge in [-0.2, -0.15) is 15.8 Å². The predicted molar refractivity (Wildman–Crippen MR) is 53.4 cm³/mol. The molecule has 0 saturated carbocycles. The van der Waals surface area contributed by atoms with Gasteiger partial charge in [0, 0.05) is 4.88 Å². The number of hydrogen-bond donors (Lipinski definition) is 0. The van der Waals surface area contributed by atoms with E-state index in [1.165, 1.54) is 12.1 Å². The van der Waals surface area contributed by atoms with Crippen LogP contribution >= 0.6 is 11.3 Å². The van der Waals surface area contributed by atoms with Gasteiger partial charge >= 0.3 is 0 Å². The number of carbonyl (C=O) groups excluding carboxylic acids is 1. The Balaban J connectivity index is 3.22. The molecule has 0 aliphatic rings. The molecular weight excluding hydrogens is 210 g/mol.